The van der Waals surface area contributed by atoms with Gasteiger partial charge in [-0.2, -0.15) is 0 Å². The molecule has 0 aliphatic rings. The molecule has 0 fully saturated rings. The van der Waals surface area contributed by atoms with Crippen molar-refractivity contribution >= 4 is 0 Å². The van der Waals surface area contributed by atoms with Crippen LogP contribution in [-0.4, -0.2) is 25.8 Å². The standard InChI is InChI=1S/C11H16FNO2/c1-7-4-8(12)5-9(11(7)15-3)10(14)6-13-2/h4-5,10,13-14H,6H2,1-3H3. The molecule has 0 bridgehead atoms. The Hall–Kier alpha value is -1.13. The molecule has 1 rings (SSSR count). The lowest BCUT2D eigenvalue weighted by Crippen LogP contribution is -2.17. The van der Waals surface area contributed by atoms with Gasteiger partial charge in [-0.25, -0.2) is 4.39 Å². The van der Waals surface area contributed by atoms with E-state index in [1.54, 1.807) is 14.0 Å². The van der Waals surface area contributed by atoms with Crippen molar-refractivity contribution < 1.29 is 14.2 Å². The van der Waals surface area contributed by atoms with Crippen LogP contribution >= 0.6 is 0 Å². The third-order valence-corrected chi connectivity index (χ3v) is 2.23. The second kappa shape index (κ2) is 5.09. The maximum atomic E-state index is 13.2. The van der Waals surface area contributed by atoms with Crippen molar-refractivity contribution in [2.75, 3.05) is 20.7 Å². The summed E-state index contributed by atoms with van der Waals surface area (Å²) in [5.41, 5.74) is 1.16. The van der Waals surface area contributed by atoms with Crippen LogP contribution in [0.3, 0.4) is 0 Å². The third-order valence-electron chi connectivity index (χ3n) is 2.23. The van der Waals surface area contributed by atoms with Crippen molar-refractivity contribution in [1.29, 1.82) is 0 Å². The summed E-state index contributed by atoms with van der Waals surface area (Å²) in [6.07, 6.45) is -0.764. The largest absolute Gasteiger partial charge is 0.496 e. The highest BCUT2D eigenvalue weighted by molar-refractivity contribution is 5.42. The van der Waals surface area contributed by atoms with Crippen LogP contribution < -0.4 is 10.1 Å². The fourth-order valence-corrected chi connectivity index (χ4v) is 1.59. The van der Waals surface area contributed by atoms with Crippen LogP contribution in [0.5, 0.6) is 5.75 Å². The van der Waals surface area contributed by atoms with Crippen LogP contribution in [0, 0.1) is 12.7 Å². The van der Waals surface area contributed by atoms with Gasteiger partial charge in [0.15, 0.2) is 0 Å². The monoisotopic (exact) mass is 213 g/mol. The topological polar surface area (TPSA) is 41.5 Å². The van der Waals surface area contributed by atoms with Gasteiger partial charge in [0.05, 0.1) is 13.2 Å². The molecule has 2 N–H and O–H groups in total. The Morgan fingerprint density at radius 3 is 2.73 bits per heavy atom. The molecular formula is C11H16FNO2. The van der Waals surface area contributed by atoms with Gasteiger partial charge in [-0.15, -0.1) is 0 Å². The first kappa shape index (κ1) is 11.9. The Bertz CT molecular complexity index is 342. The Morgan fingerprint density at radius 2 is 2.20 bits per heavy atom. The number of hydrogen-bond acceptors (Lipinski definition) is 3. The highest BCUT2D eigenvalue weighted by Crippen LogP contribution is 2.29. The number of methoxy groups -OCH3 is 1. The molecule has 0 aromatic heterocycles. The van der Waals surface area contributed by atoms with Gasteiger partial charge in [-0.3, -0.25) is 0 Å². The number of rotatable bonds is 4. The first-order valence-corrected chi connectivity index (χ1v) is 4.76. The van der Waals surface area contributed by atoms with Gasteiger partial charge in [0, 0.05) is 12.1 Å². The van der Waals surface area contributed by atoms with E-state index in [4.69, 9.17) is 4.74 Å². The van der Waals surface area contributed by atoms with Crippen LogP contribution in [-0.2, 0) is 0 Å². The van der Waals surface area contributed by atoms with Crippen LogP contribution in [0.4, 0.5) is 4.39 Å². The molecule has 1 atom stereocenters. The normalized spacial score (nSPS) is 12.6. The minimum Gasteiger partial charge on any atom is -0.496 e. The first-order valence-electron chi connectivity index (χ1n) is 4.76. The number of ether oxygens (including phenoxy) is 1. The van der Waals surface area contributed by atoms with E-state index >= 15 is 0 Å². The third kappa shape index (κ3) is 2.67. The Labute approximate surface area is 88.9 Å². The van der Waals surface area contributed by atoms with Gasteiger partial charge >= 0.3 is 0 Å². The first-order chi connectivity index (χ1) is 7.10. The molecule has 0 heterocycles. The fourth-order valence-electron chi connectivity index (χ4n) is 1.59. The van der Waals surface area contributed by atoms with Gasteiger partial charge in [0.2, 0.25) is 0 Å². The molecule has 0 amide bonds. The highest BCUT2D eigenvalue weighted by Gasteiger charge is 2.15. The van der Waals surface area contributed by atoms with Crippen molar-refractivity contribution in [3.63, 3.8) is 0 Å². The van der Waals surface area contributed by atoms with E-state index in [0.29, 0.717) is 23.4 Å². The lowest BCUT2D eigenvalue weighted by Gasteiger charge is -2.16. The summed E-state index contributed by atoms with van der Waals surface area (Å²) in [6.45, 7) is 2.11. The molecule has 1 unspecified atom stereocenters. The minimum absolute atomic E-state index is 0.360. The van der Waals surface area contributed by atoms with Crippen LogP contribution in [0.2, 0.25) is 0 Å². The van der Waals surface area contributed by atoms with Crippen molar-refractivity contribution in [3.05, 3.63) is 29.1 Å². The molecule has 1 aromatic carbocycles. The van der Waals surface area contributed by atoms with E-state index < -0.39 is 6.10 Å². The number of aliphatic hydroxyl groups is 1. The molecule has 1 aromatic rings. The van der Waals surface area contributed by atoms with E-state index in [1.165, 1.54) is 19.2 Å². The second-order valence-electron chi connectivity index (χ2n) is 3.42. The molecule has 0 saturated carbocycles. The van der Waals surface area contributed by atoms with E-state index in [9.17, 15) is 9.50 Å². The molecular weight excluding hydrogens is 197 g/mol. The Balaban J connectivity index is 3.13. The predicted molar refractivity (Wildman–Crippen MR) is 56.6 cm³/mol. The summed E-state index contributed by atoms with van der Waals surface area (Å²) in [7, 11) is 3.23. The summed E-state index contributed by atoms with van der Waals surface area (Å²) in [6, 6.07) is 2.68. The van der Waals surface area contributed by atoms with E-state index in [2.05, 4.69) is 5.32 Å². The lowest BCUT2D eigenvalue weighted by atomic mass is 10.0. The number of nitrogens with one attached hydrogen (secondary N) is 1. The average Bonchev–Trinajstić information content (AvgIpc) is 2.17. The van der Waals surface area contributed by atoms with Crippen molar-refractivity contribution in [2.45, 2.75) is 13.0 Å². The van der Waals surface area contributed by atoms with Gasteiger partial charge in [0.25, 0.3) is 0 Å². The molecule has 0 aliphatic heterocycles. The van der Waals surface area contributed by atoms with Crippen molar-refractivity contribution in [2.24, 2.45) is 0 Å². The number of halogens is 1. The molecule has 3 nitrogen and oxygen atoms in total. The zero-order chi connectivity index (χ0) is 11.4. The SMILES string of the molecule is CNCC(O)c1cc(F)cc(C)c1OC. The van der Waals surface area contributed by atoms with Gasteiger partial charge < -0.3 is 15.2 Å². The smallest absolute Gasteiger partial charge is 0.127 e. The summed E-state index contributed by atoms with van der Waals surface area (Å²) >= 11 is 0. The Morgan fingerprint density at radius 1 is 1.53 bits per heavy atom. The Kier molecular flexibility index (Phi) is 4.05. The molecule has 15 heavy (non-hydrogen) atoms. The van der Waals surface area contributed by atoms with Crippen molar-refractivity contribution in [3.8, 4) is 5.75 Å². The van der Waals surface area contributed by atoms with Crippen LogP contribution in [0.15, 0.2) is 12.1 Å². The van der Waals surface area contributed by atoms with Crippen LogP contribution in [0.25, 0.3) is 0 Å². The molecule has 0 saturated heterocycles. The van der Waals surface area contributed by atoms with Crippen LogP contribution in [0.1, 0.15) is 17.2 Å². The average molecular weight is 213 g/mol. The highest BCUT2D eigenvalue weighted by atomic mass is 19.1. The maximum absolute atomic E-state index is 13.2. The van der Waals surface area contributed by atoms with Crippen molar-refractivity contribution in [1.82, 2.24) is 5.32 Å². The number of aliphatic hydroxyl groups excluding tert-OH is 1. The summed E-state index contributed by atoms with van der Waals surface area (Å²) in [4.78, 5) is 0. The molecule has 0 spiro atoms. The molecule has 84 valence electrons. The minimum atomic E-state index is -0.764. The number of hydrogen-bond donors (Lipinski definition) is 2. The lowest BCUT2D eigenvalue weighted by molar-refractivity contribution is 0.172. The summed E-state index contributed by atoms with van der Waals surface area (Å²) in [5, 5.41) is 12.6. The van der Waals surface area contributed by atoms with E-state index in [0.717, 1.165) is 0 Å². The number of aryl methyl sites for hydroxylation is 1. The zero-order valence-electron chi connectivity index (χ0n) is 9.17. The second-order valence-corrected chi connectivity index (χ2v) is 3.42. The van der Waals surface area contributed by atoms with E-state index in [-0.39, 0.29) is 5.82 Å². The van der Waals surface area contributed by atoms with Gasteiger partial charge in [-0.1, -0.05) is 0 Å². The predicted octanol–water partition coefficient (Wildman–Crippen LogP) is 1.40. The van der Waals surface area contributed by atoms with E-state index in [1.807, 2.05) is 0 Å². The maximum Gasteiger partial charge on any atom is 0.127 e. The quantitative estimate of drug-likeness (QED) is 0.794. The summed E-state index contributed by atoms with van der Waals surface area (Å²) in [5.74, 6) is 0.178. The molecule has 0 aliphatic carbocycles. The molecule has 0 radical (unpaired) electrons. The number of benzene rings is 1. The molecule has 4 heteroatoms. The fraction of sp³-hybridized carbons (Fsp3) is 0.455. The zero-order valence-corrected chi connectivity index (χ0v) is 9.17. The van der Waals surface area contributed by atoms with Gasteiger partial charge in [-0.05, 0) is 31.7 Å². The summed E-state index contributed by atoms with van der Waals surface area (Å²) < 4.78 is 18.3. The van der Waals surface area contributed by atoms with Gasteiger partial charge in [0.1, 0.15) is 11.6 Å². The number of likely N-dealkylation sites (N-methyl/N-ethyl adjacent to an activating group) is 1.